The van der Waals surface area contributed by atoms with Crippen LogP contribution in [0.1, 0.15) is 12.8 Å². The van der Waals surface area contributed by atoms with Crippen LogP contribution >= 0.6 is 0 Å². The first-order valence-corrected chi connectivity index (χ1v) is 2.60. The maximum Gasteiger partial charge on any atom is 0.350 e. The second kappa shape index (κ2) is 3.76. The first-order valence-electron chi connectivity index (χ1n) is 2.60. The highest BCUT2D eigenvalue weighted by Gasteiger charge is 2.17. The van der Waals surface area contributed by atoms with Crippen LogP contribution in [0.4, 0.5) is 4.39 Å². The van der Waals surface area contributed by atoms with Crippen LogP contribution in [0.15, 0.2) is 0 Å². The average Bonchev–Trinajstić information content (AvgIpc) is 1.82. The van der Waals surface area contributed by atoms with Crippen molar-refractivity contribution in [1.29, 1.82) is 0 Å². The first kappa shape index (κ1) is 8.80. The molecule has 58 valence electrons. The Labute approximate surface area is 56.2 Å². The van der Waals surface area contributed by atoms with E-state index in [-0.39, 0.29) is 6.42 Å². The van der Waals surface area contributed by atoms with Crippen LogP contribution in [-0.4, -0.2) is 17.1 Å². The van der Waals surface area contributed by atoms with Crippen LogP contribution in [-0.2, 0) is 4.79 Å². The highest BCUT2D eigenvalue weighted by Crippen LogP contribution is 2.00. The molecule has 0 saturated carbocycles. The van der Waals surface area contributed by atoms with E-state index in [0.717, 1.165) is 0 Å². The SMILES string of the molecule is NC(=O)CCC(F)[N+](=O)[O-]. The molecule has 0 radical (unpaired) electrons. The Hall–Kier alpha value is -1.20. The Morgan fingerprint density at radius 3 is 2.60 bits per heavy atom. The van der Waals surface area contributed by atoms with Crippen LogP contribution < -0.4 is 5.73 Å². The lowest BCUT2D eigenvalue weighted by Gasteiger charge is -1.95. The molecule has 0 fully saturated rings. The van der Waals surface area contributed by atoms with Crippen LogP contribution in [0.2, 0.25) is 0 Å². The molecule has 10 heavy (non-hydrogen) atoms. The van der Waals surface area contributed by atoms with Gasteiger partial charge in [0.15, 0.2) is 0 Å². The van der Waals surface area contributed by atoms with Crippen molar-refractivity contribution in [2.24, 2.45) is 5.73 Å². The predicted molar refractivity (Wildman–Crippen MR) is 30.3 cm³/mol. The number of nitrogens with two attached hydrogens (primary N) is 1. The van der Waals surface area contributed by atoms with Crippen molar-refractivity contribution < 1.29 is 14.1 Å². The Balaban J connectivity index is 3.49. The van der Waals surface area contributed by atoms with E-state index in [1.165, 1.54) is 0 Å². The lowest BCUT2D eigenvalue weighted by atomic mass is 10.3. The van der Waals surface area contributed by atoms with Crippen LogP contribution in [0.3, 0.4) is 0 Å². The maximum absolute atomic E-state index is 12.0. The Morgan fingerprint density at radius 2 is 2.30 bits per heavy atom. The third-order valence-electron chi connectivity index (χ3n) is 0.858. The minimum atomic E-state index is -2.17. The number of halogens is 1. The Morgan fingerprint density at radius 1 is 1.80 bits per heavy atom. The molecule has 0 rings (SSSR count). The van der Waals surface area contributed by atoms with Crippen molar-refractivity contribution in [3.63, 3.8) is 0 Å². The standard InChI is InChI=1S/C4H7FN2O3/c5-3(7(9)10)1-2-4(6)8/h3H,1-2H2,(H2,6,8). The van der Waals surface area contributed by atoms with E-state index in [2.05, 4.69) is 5.73 Å². The van der Waals surface area contributed by atoms with E-state index in [4.69, 9.17) is 0 Å². The minimum Gasteiger partial charge on any atom is -0.370 e. The number of nitro groups is 1. The fourth-order valence-electron chi connectivity index (χ4n) is 0.367. The van der Waals surface area contributed by atoms with Gasteiger partial charge >= 0.3 is 6.30 Å². The topological polar surface area (TPSA) is 86.2 Å². The molecule has 0 heterocycles. The van der Waals surface area contributed by atoms with E-state index in [1.54, 1.807) is 0 Å². The van der Waals surface area contributed by atoms with Gasteiger partial charge in [-0.25, -0.2) is 0 Å². The van der Waals surface area contributed by atoms with Crippen molar-refractivity contribution in [2.75, 3.05) is 0 Å². The zero-order chi connectivity index (χ0) is 8.15. The summed E-state index contributed by atoms with van der Waals surface area (Å²) in [5.74, 6) is -0.732. The van der Waals surface area contributed by atoms with E-state index >= 15 is 0 Å². The van der Waals surface area contributed by atoms with Gasteiger partial charge in [0.1, 0.15) is 0 Å². The largest absolute Gasteiger partial charge is 0.370 e. The third kappa shape index (κ3) is 3.76. The van der Waals surface area contributed by atoms with E-state index < -0.39 is 23.5 Å². The van der Waals surface area contributed by atoms with E-state index in [0.29, 0.717) is 0 Å². The van der Waals surface area contributed by atoms with Gasteiger partial charge in [-0.05, 0) is 0 Å². The quantitative estimate of drug-likeness (QED) is 0.342. The summed E-state index contributed by atoms with van der Waals surface area (Å²) in [7, 11) is 0. The number of carbonyl (C=O) groups is 1. The van der Waals surface area contributed by atoms with Crippen LogP contribution in [0.5, 0.6) is 0 Å². The van der Waals surface area contributed by atoms with Gasteiger partial charge in [-0.1, -0.05) is 0 Å². The van der Waals surface area contributed by atoms with Gasteiger partial charge in [0.25, 0.3) is 0 Å². The summed E-state index contributed by atoms with van der Waals surface area (Å²) >= 11 is 0. The van der Waals surface area contributed by atoms with Gasteiger partial charge in [-0.15, -0.1) is 0 Å². The predicted octanol–water partition coefficient (Wildman–Crippen LogP) is -0.176. The van der Waals surface area contributed by atoms with Gasteiger partial charge in [0.2, 0.25) is 5.91 Å². The maximum atomic E-state index is 12.0. The molecular formula is C4H7FN2O3. The van der Waals surface area contributed by atoms with Gasteiger partial charge in [0, 0.05) is 6.42 Å². The molecule has 0 bridgehead atoms. The highest BCUT2D eigenvalue weighted by molar-refractivity contribution is 5.73. The molecule has 1 atom stereocenters. The van der Waals surface area contributed by atoms with Crippen molar-refractivity contribution in [1.82, 2.24) is 0 Å². The molecule has 1 unspecified atom stereocenters. The van der Waals surface area contributed by atoms with E-state index in [9.17, 15) is 19.3 Å². The number of hydrogen-bond donors (Lipinski definition) is 1. The molecule has 0 aromatic rings. The number of alkyl halides is 1. The fraction of sp³-hybridized carbons (Fsp3) is 0.750. The molecule has 0 saturated heterocycles. The Kier molecular flexibility index (Phi) is 3.30. The van der Waals surface area contributed by atoms with Crippen LogP contribution in [0.25, 0.3) is 0 Å². The van der Waals surface area contributed by atoms with Crippen LogP contribution in [0, 0.1) is 10.1 Å². The molecule has 1 amide bonds. The van der Waals surface area contributed by atoms with Gasteiger partial charge < -0.3 is 5.73 Å². The smallest absolute Gasteiger partial charge is 0.350 e. The molecule has 0 aliphatic rings. The lowest BCUT2D eigenvalue weighted by Crippen LogP contribution is -2.18. The highest BCUT2D eigenvalue weighted by atomic mass is 19.1. The summed E-state index contributed by atoms with van der Waals surface area (Å²) in [5.41, 5.74) is 4.61. The summed E-state index contributed by atoms with van der Waals surface area (Å²) < 4.78 is 12.0. The second-order valence-electron chi connectivity index (χ2n) is 1.72. The summed E-state index contributed by atoms with van der Waals surface area (Å²) in [6.45, 7) is 0. The Bertz CT molecular complexity index is 149. The summed E-state index contributed by atoms with van der Waals surface area (Å²) in [6.07, 6.45) is -2.91. The molecule has 0 aliphatic heterocycles. The molecule has 0 aromatic heterocycles. The lowest BCUT2D eigenvalue weighted by molar-refractivity contribution is -0.554. The zero-order valence-electron chi connectivity index (χ0n) is 5.12. The monoisotopic (exact) mass is 150 g/mol. The number of carbonyl (C=O) groups excluding carboxylic acids is 1. The second-order valence-corrected chi connectivity index (χ2v) is 1.72. The third-order valence-corrected chi connectivity index (χ3v) is 0.858. The van der Waals surface area contributed by atoms with Crippen molar-refractivity contribution in [2.45, 2.75) is 19.1 Å². The van der Waals surface area contributed by atoms with Crippen molar-refractivity contribution in [3.8, 4) is 0 Å². The summed E-state index contributed by atoms with van der Waals surface area (Å²) in [4.78, 5) is 18.5. The molecule has 0 aromatic carbocycles. The molecule has 6 heteroatoms. The number of nitrogens with zero attached hydrogens (tertiary/aromatic N) is 1. The van der Waals surface area contributed by atoms with Crippen molar-refractivity contribution in [3.05, 3.63) is 10.1 Å². The van der Waals surface area contributed by atoms with Gasteiger partial charge in [0.05, 0.1) is 11.3 Å². The van der Waals surface area contributed by atoms with Gasteiger partial charge in [-0.2, -0.15) is 4.39 Å². The molecular weight excluding hydrogens is 143 g/mol. The number of primary amides is 1. The first-order chi connectivity index (χ1) is 4.54. The number of hydrogen-bond acceptors (Lipinski definition) is 3. The van der Waals surface area contributed by atoms with Gasteiger partial charge in [-0.3, -0.25) is 14.9 Å². The number of amides is 1. The summed E-state index contributed by atoms with van der Waals surface area (Å²) in [5, 5.41) is 9.59. The fourth-order valence-corrected chi connectivity index (χ4v) is 0.367. The zero-order valence-corrected chi connectivity index (χ0v) is 5.12. The summed E-state index contributed by atoms with van der Waals surface area (Å²) in [6, 6.07) is 0. The molecule has 2 N–H and O–H groups in total. The molecule has 5 nitrogen and oxygen atoms in total. The number of rotatable bonds is 4. The minimum absolute atomic E-state index is 0.290. The molecule has 0 aliphatic carbocycles. The van der Waals surface area contributed by atoms with E-state index in [1.807, 2.05) is 0 Å². The normalized spacial score (nSPS) is 12.5. The molecule has 0 spiro atoms. The average molecular weight is 150 g/mol. The van der Waals surface area contributed by atoms with Crippen molar-refractivity contribution >= 4 is 5.91 Å².